The standard InChI is InChI=1S/C16H19NO2S/c1-13-12-20-10-8-17(13)16(19)15-7-4-6-14(11-15)5-2-3-9-18/h4,6-7,11,13,18H,3,8-10,12H2,1H3. The molecule has 0 aliphatic carbocycles. The summed E-state index contributed by atoms with van der Waals surface area (Å²) in [5.41, 5.74) is 1.52. The lowest BCUT2D eigenvalue weighted by Gasteiger charge is -2.33. The molecule has 0 spiro atoms. The lowest BCUT2D eigenvalue weighted by atomic mass is 10.1. The molecule has 0 saturated carbocycles. The van der Waals surface area contributed by atoms with Crippen molar-refractivity contribution >= 4 is 17.7 Å². The molecule has 1 heterocycles. The molecule has 0 radical (unpaired) electrons. The smallest absolute Gasteiger partial charge is 0.254 e. The van der Waals surface area contributed by atoms with Gasteiger partial charge in [0.2, 0.25) is 0 Å². The van der Waals surface area contributed by atoms with Crippen molar-refractivity contribution in [2.45, 2.75) is 19.4 Å². The molecule has 1 aromatic carbocycles. The number of thioether (sulfide) groups is 1. The van der Waals surface area contributed by atoms with Gasteiger partial charge in [-0.2, -0.15) is 11.8 Å². The maximum atomic E-state index is 12.5. The molecule has 0 bridgehead atoms. The molecule has 1 fully saturated rings. The highest BCUT2D eigenvalue weighted by Crippen LogP contribution is 2.19. The van der Waals surface area contributed by atoms with Crippen molar-refractivity contribution in [2.24, 2.45) is 0 Å². The Hall–Kier alpha value is -1.44. The van der Waals surface area contributed by atoms with Crippen molar-refractivity contribution in [2.75, 3.05) is 24.7 Å². The van der Waals surface area contributed by atoms with Gasteiger partial charge >= 0.3 is 0 Å². The largest absolute Gasteiger partial charge is 0.395 e. The van der Waals surface area contributed by atoms with Gasteiger partial charge in [0.25, 0.3) is 5.91 Å². The first-order chi connectivity index (χ1) is 9.72. The topological polar surface area (TPSA) is 40.5 Å². The molecule has 1 aliphatic heterocycles. The average Bonchev–Trinajstić information content (AvgIpc) is 2.48. The molecular formula is C16H19NO2S. The fraction of sp³-hybridized carbons (Fsp3) is 0.438. The van der Waals surface area contributed by atoms with E-state index in [-0.39, 0.29) is 18.6 Å². The van der Waals surface area contributed by atoms with Crippen LogP contribution in [0.15, 0.2) is 24.3 Å². The van der Waals surface area contributed by atoms with Gasteiger partial charge in [-0.15, -0.1) is 0 Å². The average molecular weight is 289 g/mol. The van der Waals surface area contributed by atoms with Gasteiger partial charge in [0.15, 0.2) is 0 Å². The van der Waals surface area contributed by atoms with E-state index < -0.39 is 0 Å². The van der Waals surface area contributed by atoms with Crippen molar-refractivity contribution < 1.29 is 9.90 Å². The zero-order valence-corrected chi connectivity index (χ0v) is 12.4. The third kappa shape index (κ3) is 3.78. The van der Waals surface area contributed by atoms with E-state index in [1.165, 1.54) is 0 Å². The highest BCUT2D eigenvalue weighted by molar-refractivity contribution is 7.99. The number of nitrogens with zero attached hydrogens (tertiary/aromatic N) is 1. The number of hydrogen-bond donors (Lipinski definition) is 1. The van der Waals surface area contributed by atoms with Crippen LogP contribution in [0, 0.1) is 11.8 Å². The van der Waals surface area contributed by atoms with E-state index in [1.54, 1.807) is 0 Å². The van der Waals surface area contributed by atoms with Crippen LogP contribution in [0.3, 0.4) is 0 Å². The second-order valence-electron chi connectivity index (χ2n) is 4.78. The summed E-state index contributed by atoms with van der Waals surface area (Å²) in [6.45, 7) is 2.97. The predicted octanol–water partition coefficient (Wildman–Crippen LogP) is 2.00. The first kappa shape index (κ1) is 15.0. The molecule has 1 N–H and O–H groups in total. The Balaban J connectivity index is 2.14. The first-order valence-corrected chi connectivity index (χ1v) is 7.96. The quantitative estimate of drug-likeness (QED) is 0.847. The van der Waals surface area contributed by atoms with Crippen LogP contribution >= 0.6 is 11.8 Å². The van der Waals surface area contributed by atoms with Gasteiger partial charge in [0.1, 0.15) is 0 Å². The number of carbonyl (C=O) groups is 1. The SMILES string of the molecule is CC1CSCCN1C(=O)c1cccc(C#CCCO)c1. The van der Waals surface area contributed by atoms with Crippen LogP contribution < -0.4 is 0 Å². The van der Waals surface area contributed by atoms with Gasteiger partial charge in [0, 0.05) is 41.6 Å². The van der Waals surface area contributed by atoms with Crippen molar-refractivity contribution in [3.63, 3.8) is 0 Å². The van der Waals surface area contributed by atoms with Crippen LogP contribution in [-0.2, 0) is 0 Å². The van der Waals surface area contributed by atoms with E-state index in [0.29, 0.717) is 12.0 Å². The molecule has 1 atom stereocenters. The first-order valence-electron chi connectivity index (χ1n) is 6.81. The van der Waals surface area contributed by atoms with Gasteiger partial charge in [0.05, 0.1) is 6.61 Å². The second-order valence-corrected chi connectivity index (χ2v) is 5.93. The molecule has 0 aromatic heterocycles. The molecule has 20 heavy (non-hydrogen) atoms. The number of carbonyl (C=O) groups excluding carboxylic acids is 1. The minimum Gasteiger partial charge on any atom is -0.395 e. The van der Waals surface area contributed by atoms with E-state index in [0.717, 1.165) is 23.6 Å². The van der Waals surface area contributed by atoms with Crippen molar-refractivity contribution in [3.05, 3.63) is 35.4 Å². The summed E-state index contributed by atoms with van der Waals surface area (Å²) in [4.78, 5) is 14.5. The monoisotopic (exact) mass is 289 g/mol. The van der Waals surface area contributed by atoms with Gasteiger partial charge in [-0.05, 0) is 25.1 Å². The number of hydrogen-bond acceptors (Lipinski definition) is 3. The normalized spacial score (nSPS) is 18.3. The van der Waals surface area contributed by atoms with Gasteiger partial charge in [-0.3, -0.25) is 4.79 Å². The minimum absolute atomic E-state index is 0.0641. The van der Waals surface area contributed by atoms with E-state index in [9.17, 15) is 4.79 Å². The Bertz CT molecular complexity index is 533. The fourth-order valence-corrected chi connectivity index (χ4v) is 3.16. The number of amides is 1. The summed E-state index contributed by atoms with van der Waals surface area (Å²) in [5.74, 6) is 7.94. The zero-order valence-electron chi connectivity index (χ0n) is 11.6. The second kappa shape index (κ2) is 7.37. The third-order valence-corrected chi connectivity index (χ3v) is 4.40. The maximum absolute atomic E-state index is 12.5. The highest BCUT2D eigenvalue weighted by Gasteiger charge is 2.24. The molecule has 1 aliphatic rings. The minimum atomic E-state index is 0.0641. The molecule has 1 saturated heterocycles. The number of aliphatic hydroxyl groups is 1. The molecule has 3 nitrogen and oxygen atoms in total. The fourth-order valence-electron chi connectivity index (χ4n) is 2.15. The van der Waals surface area contributed by atoms with Gasteiger partial charge in [-0.1, -0.05) is 17.9 Å². The van der Waals surface area contributed by atoms with E-state index in [1.807, 2.05) is 40.9 Å². The van der Waals surface area contributed by atoms with E-state index in [4.69, 9.17) is 5.11 Å². The maximum Gasteiger partial charge on any atom is 0.254 e. The third-order valence-electron chi connectivity index (χ3n) is 3.21. The number of rotatable bonds is 2. The summed E-state index contributed by atoms with van der Waals surface area (Å²) in [6.07, 6.45) is 0.457. The van der Waals surface area contributed by atoms with Crippen LogP contribution in [0.4, 0.5) is 0 Å². The van der Waals surface area contributed by atoms with Crippen molar-refractivity contribution in [1.82, 2.24) is 4.90 Å². The Morgan fingerprint density at radius 3 is 3.15 bits per heavy atom. The predicted molar refractivity (Wildman–Crippen MR) is 82.8 cm³/mol. The lowest BCUT2D eigenvalue weighted by molar-refractivity contribution is 0.0716. The Kier molecular flexibility index (Phi) is 5.51. The Morgan fingerprint density at radius 1 is 1.55 bits per heavy atom. The van der Waals surface area contributed by atoms with E-state index >= 15 is 0 Å². The Labute approximate surface area is 124 Å². The summed E-state index contributed by atoms with van der Waals surface area (Å²) in [7, 11) is 0. The molecule has 1 aromatic rings. The molecule has 4 heteroatoms. The van der Waals surface area contributed by atoms with Crippen LogP contribution in [0.1, 0.15) is 29.3 Å². The van der Waals surface area contributed by atoms with Crippen LogP contribution in [0.2, 0.25) is 0 Å². The number of benzene rings is 1. The van der Waals surface area contributed by atoms with E-state index in [2.05, 4.69) is 18.8 Å². The summed E-state index contributed by atoms with van der Waals surface area (Å²) in [6, 6.07) is 7.70. The van der Waals surface area contributed by atoms with Gasteiger partial charge < -0.3 is 10.0 Å². The van der Waals surface area contributed by atoms with Gasteiger partial charge in [-0.25, -0.2) is 0 Å². The van der Waals surface area contributed by atoms with Crippen LogP contribution in [-0.4, -0.2) is 46.6 Å². The lowest BCUT2D eigenvalue weighted by Crippen LogP contribution is -2.44. The zero-order chi connectivity index (χ0) is 14.4. The molecular weight excluding hydrogens is 270 g/mol. The summed E-state index contributed by atoms with van der Waals surface area (Å²) < 4.78 is 0. The van der Waals surface area contributed by atoms with Crippen molar-refractivity contribution in [1.29, 1.82) is 0 Å². The molecule has 2 rings (SSSR count). The molecule has 1 amide bonds. The van der Waals surface area contributed by atoms with Crippen molar-refractivity contribution in [3.8, 4) is 11.8 Å². The summed E-state index contributed by atoms with van der Waals surface area (Å²) >= 11 is 1.90. The molecule has 106 valence electrons. The molecule has 1 unspecified atom stereocenters. The number of aliphatic hydroxyl groups excluding tert-OH is 1. The van der Waals surface area contributed by atoms with Crippen LogP contribution in [0.25, 0.3) is 0 Å². The Morgan fingerprint density at radius 2 is 2.40 bits per heavy atom. The van der Waals surface area contributed by atoms with Crippen LogP contribution in [0.5, 0.6) is 0 Å². The highest BCUT2D eigenvalue weighted by atomic mass is 32.2. The summed E-state index contributed by atoms with van der Waals surface area (Å²) in [5, 5.41) is 8.72.